The zero-order valence-electron chi connectivity index (χ0n) is 16.1. The van der Waals surface area contributed by atoms with Crippen molar-refractivity contribution in [2.75, 3.05) is 18.5 Å². The molecule has 136 valence electrons. The molecule has 0 aromatic heterocycles. The van der Waals surface area contributed by atoms with Gasteiger partial charge in [0, 0.05) is 0 Å². The molecule has 0 saturated carbocycles. The zero-order chi connectivity index (χ0) is 18.2. The Morgan fingerprint density at radius 2 is 1.56 bits per heavy atom. The van der Waals surface area contributed by atoms with Crippen LogP contribution in [0.2, 0.25) is 0 Å². The highest BCUT2D eigenvalue weighted by atomic mass is 16.5. The summed E-state index contributed by atoms with van der Waals surface area (Å²) in [6, 6.07) is 16.4. The third kappa shape index (κ3) is 6.33. The van der Waals surface area contributed by atoms with E-state index < -0.39 is 0 Å². The number of nitrogens with one attached hydrogen (secondary N) is 1. The first-order valence-electron chi connectivity index (χ1n) is 9.18. The van der Waals surface area contributed by atoms with Crippen molar-refractivity contribution in [1.29, 1.82) is 0 Å². The van der Waals surface area contributed by atoms with Crippen LogP contribution >= 0.6 is 0 Å². The summed E-state index contributed by atoms with van der Waals surface area (Å²) in [5.41, 5.74) is 2.34. The van der Waals surface area contributed by atoms with Crippen LogP contribution in [0.25, 0.3) is 0 Å². The predicted octanol–water partition coefficient (Wildman–Crippen LogP) is 5.72. The van der Waals surface area contributed by atoms with Gasteiger partial charge in [0.1, 0.15) is 17.6 Å². The summed E-state index contributed by atoms with van der Waals surface area (Å²) < 4.78 is 11.9. The second-order valence-corrected chi connectivity index (χ2v) is 7.23. The molecule has 0 saturated heterocycles. The molecule has 0 aliphatic carbocycles. The molecule has 0 heterocycles. The van der Waals surface area contributed by atoms with Crippen LogP contribution in [0.4, 0.5) is 5.69 Å². The summed E-state index contributed by atoms with van der Waals surface area (Å²) in [4.78, 5) is 0. The summed E-state index contributed by atoms with van der Waals surface area (Å²) in [6.45, 7) is 12.2. The lowest BCUT2D eigenvalue weighted by Crippen LogP contribution is -2.23. The van der Waals surface area contributed by atoms with Crippen molar-refractivity contribution in [3.05, 3.63) is 54.1 Å². The van der Waals surface area contributed by atoms with E-state index in [2.05, 4.69) is 52.1 Å². The second kappa shape index (κ2) is 9.36. The maximum Gasteiger partial charge on any atom is 0.142 e. The fourth-order valence-corrected chi connectivity index (χ4v) is 2.45. The lowest BCUT2D eigenvalue weighted by atomic mass is 10.0. The molecule has 0 fully saturated rings. The summed E-state index contributed by atoms with van der Waals surface area (Å²) >= 11 is 0. The highest BCUT2D eigenvalue weighted by Crippen LogP contribution is 2.25. The Kier molecular flexibility index (Phi) is 7.17. The Hall–Kier alpha value is -2.16. The van der Waals surface area contributed by atoms with E-state index in [1.165, 1.54) is 5.56 Å². The maximum atomic E-state index is 6.01. The van der Waals surface area contributed by atoms with Gasteiger partial charge < -0.3 is 14.8 Å². The smallest absolute Gasteiger partial charge is 0.142 e. The van der Waals surface area contributed by atoms with Gasteiger partial charge in [-0.05, 0) is 48.6 Å². The van der Waals surface area contributed by atoms with Gasteiger partial charge in [0.25, 0.3) is 0 Å². The predicted molar refractivity (Wildman–Crippen MR) is 106 cm³/mol. The van der Waals surface area contributed by atoms with Gasteiger partial charge in [0.2, 0.25) is 0 Å². The van der Waals surface area contributed by atoms with Crippen molar-refractivity contribution < 1.29 is 9.47 Å². The molecule has 3 nitrogen and oxygen atoms in total. The summed E-state index contributed by atoms with van der Waals surface area (Å²) in [7, 11) is 0. The minimum absolute atomic E-state index is 0.0584. The Labute approximate surface area is 152 Å². The van der Waals surface area contributed by atoms with Crippen molar-refractivity contribution in [3.8, 4) is 11.5 Å². The number of benzene rings is 2. The zero-order valence-corrected chi connectivity index (χ0v) is 16.1. The molecular formula is C22H31NO2. The van der Waals surface area contributed by atoms with Crippen LogP contribution in [0.1, 0.15) is 46.1 Å². The molecule has 25 heavy (non-hydrogen) atoms. The monoisotopic (exact) mass is 341 g/mol. The third-order valence-electron chi connectivity index (χ3n) is 3.92. The van der Waals surface area contributed by atoms with Crippen molar-refractivity contribution in [2.24, 2.45) is 5.92 Å². The Morgan fingerprint density at radius 3 is 2.20 bits per heavy atom. The molecule has 3 heteroatoms. The van der Waals surface area contributed by atoms with Crippen LogP contribution in [0.15, 0.2) is 48.5 Å². The van der Waals surface area contributed by atoms with Gasteiger partial charge in [-0.3, -0.25) is 0 Å². The molecule has 0 spiro atoms. The van der Waals surface area contributed by atoms with Crippen molar-refractivity contribution >= 4 is 5.69 Å². The fourth-order valence-electron chi connectivity index (χ4n) is 2.45. The van der Waals surface area contributed by atoms with Crippen molar-refractivity contribution in [1.82, 2.24) is 0 Å². The molecule has 1 atom stereocenters. The van der Waals surface area contributed by atoms with Gasteiger partial charge in [0.05, 0.1) is 18.8 Å². The van der Waals surface area contributed by atoms with Crippen molar-refractivity contribution in [2.45, 2.75) is 46.6 Å². The van der Waals surface area contributed by atoms with E-state index in [0.29, 0.717) is 25.0 Å². The minimum atomic E-state index is 0.0584. The van der Waals surface area contributed by atoms with E-state index in [9.17, 15) is 0 Å². The van der Waals surface area contributed by atoms with Gasteiger partial charge in [-0.2, -0.15) is 0 Å². The minimum Gasteiger partial charge on any atom is -0.491 e. The van der Waals surface area contributed by atoms with Crippen LogP contribution in [0.3, 0.4) is 0 Å². The molecule has 2 aromatic rings. The highest BCUT2D eigenvalue weighted by molar-refractivity contribution is 5.56. The largest absolute Gasteiger partial charge is 0.491 e. The van der Waals surface area contributed by atoms with Crippen LogP contribution < -0.4 is 14.8 Å². The molecule has 1 unspecified atom stereocenters. The standard InChI is InChI=1S/C22H31NO2/c1-16(2)15-24-22-9-7-6-8-21(22)23-14-18(5)25-20-12-10-19(11-13-20)17(3)4/h6-13,16-18,23H,14-15H2,1-5H3. The van der Waals surface area contributed by atoms with E-state index in [4.69, 9.17) is 9.47 Å². The average molecular weight is 341 g/mol. The van der Waals surface area contributed by atoms with Gasteiger partial charge in [-0.15, -0.1) is 0 Å². The number of hydrogen-bond acceptors (Lipinski definition) is 3. The lowest BCUT2D eigenvalue weighted by molar-refractivity contribution is 0.234. The van der Waals surface area contributed by atoms with Gasteiger partial charge in [0.15, 0.2) is 0 Å². The van der Waals surface area contributed by atoms with Crippen LogP contribution in [-0.4, -0.2) is 19.3 Å². The molecular weight excluding hydrogens is 310 g/mol. The summed E-state index contributed by atoms with van der Waals surface area (Å²) in [5, 5.41) is 3.44. The SMILES string of the molecule is CC(C)COc1ccccc1NCC(C)Oc1ccc(C(C)C)cc1. The van der Waals surface area contributed by atoms with Gasteiger partial charge in [-0.25, -0.2) is 0 Å². The average Bonchev–Trinajstić information content (AvgIpc) is 2.59. The Bertz CT molecular complexity index is 635. The number of anilines is 1. The number of hydrogen-bond donors (Lipinski definition) is 1. The van der Waals surface area contributed by atoms with E-state index >= 15 is 0 Å². The van der Waals surface area contributed by atoms with Gasteiger partial charge >= 0.3 is 0 Å². The van der Waals surface area contributed by atoms with E-state index in [-0.39, 0.29) is 6.10 Å². The molecule has 2 rings (SSSR count). The topological polar surface area (TPSA) is 30.5 Å². The van der Waals surface area contributed by atoms with Crippen molar-refractivity contribution in [3.63, 3.8) is 0 Å². The first-order chi connectivity index (χ1) is 12.0. The van der Waals surface area contributed by atoms with Crippen LogP contribution in [-0.2, 0) is 0 Å². The molecule has 1 N–H and O–H groups in total. The summed E-state index contributed by atoms with van der Waals surface area (Å²) in [6.07, 6.45) is 0.0584. The first-order valence-corrected chi connectivity index (χ1v) is 9.18. The van der Waals surface area contributed by atoms with Crippen LogP contribution in [0, 0.1) is 5.92 Å². The third-order valence-corrected chi connectivity index (χ3v) is 3.92. The van der Waals surface area contributed by atoms with E-state index in [1.54, 1.807) is 0 Å². The van der Waals surface area contributed by atoms with Gasteiger partial charge in [-0.1, -0.05) is 52.0 Å². The molecule has 0 radical (unpaired) electrons. The first kappa shape index (κ1) is 19.2. The molecule has 0 aliphatic rings. The molecule has 0 amide bonds. The number of para-hydroxylation sites is 2. The normalized spacial score (nSPS) is 12.3. The maximum absolute atomic E-state index is 6.01. The fraction of sp³-hybridized carbons (Fsp3) is 0.455. The van der Waals surface area contributed by atoms with E-state index in [0.717, 1.165) is 17.2 Å². The Balaban J connectivity index is 1.88. The molecule has 0 aliphatic heterocycles. The highest BCUT2D eigenvalue weighted by Gasteiger charge is 2.08. The Morgan fingerprint density at radius 1 is 0.880 bits per heavy atom. The molecule has 0 bridgehead atoms. The van der Waals surface area contributed by atoms with Crippen LogP contribution in [0.5, 0.6) is 11.5 Å². The van der Waals surface area contributed by atoms with E-state index in [1.807, 2.05) is 36.4 Å². The number of rotatable bonds is 9. The number of ether oxygens (including phenoxy) is 2. The summed E-state index contributed by atoms with van der Waals surface area (Å²) in [5.74, 6) is 2.84. The quantitative estimate of drug-likeness (QED) is 0.632. The molecule has 2 aromatic carbocycles. The second-order valence-electron chi connectivity index (χ2n) is 7.23. The lowest BCUT2D eigenvalue weighted by Gasteiger charge is -2.19.